The summed E-state index contributed by atoms with van der Waals surface area (Å²) in [7, 11) is 0. The second kappa shape index (κ2) is 6.61. The standard InChI is InChI=1S/C18H18ClN3O2S/c1-4-13(15(20)23)22-16(11-5-7-12(19)8-6-11)21-17-14(18(22)24)9(2)10(3)25-17/h5-8,13H,4H2,1-3H3,(H2,20,23). The minimum Gasteiger partial charge on any atom is -0.368 e. The van der Waals surface area contributed by atoms with Crippen LogP contribution in [-0.2, 0) is 4.79 Å². The van der Waals surface area contributed by atoms with Gasteiger partial charge in [0.2, 0.25) is 5.91 Å². The number of nitrogens with zero attached hydrogens (tertiary/aromatic N) is 2. The lowest BCUT2D eigenvalue weighted by atomic mass is 10.1. The van der Waals surface area contributed by atoms with Crippen LogP contribution in [0, 0.1) is 13.8 Å². The van der Waals surface area contributed by atoms with Gasteiger partial charge in [-0.25, -0.2) is 4.98 Å². The lowest BCUT2D eigenvalue weighted by Gasteiger charge is -2.19. The predicted octanol–water partition coefficient (Wildman–Crippen LogP) is 3.83. The molecule has 0 aliphatic heterocycles. The van der Waals surface area contributed by atoms with E-state index in [9.17, 15) is 9.59 Å². The first-order valence-corrected chi connectivity index (χ1v) is 9.12. The summed E-state index contributed by atoms with van der Waals surface area (Å²) in [6.45, 7) is 5.68. The number of benzene rings is 1. The SMILES string of the molecule is CCC(C(N)=O)n1c(-c2ccc(Cl)cc2)nc2sc(C)c(C)c2c1=O. The maximum absolute atomic E-state index is 13.2. The minimum absolute atomic E-state index is 0.234. The third-order valence-electron chi connectivity index (χ3n) is 4.36. The molecule has 130 valence electrons. The van der Waals surface area contributed by atoms with Crippen molar-refractivity contribution in [2.45, 2.75) is 33.2 Å². The Morgan fingerprint density at radius 2 is 1.96 bits per heavy atom. The number of carbonyl (C=O) groups is 1. The smallest absolute Gasteiger partial charge is 0.263 e. The Bertz CT molecular complexity index is 1020. The van der Waals surface area contributed by atoms with Crippen molar-refractivity contribution < 1.29 is 4.79 Å². The quantitative estimate of drug-likeness (QED) is 0.752. The highest BCUT2D eigenvalue weighted by Crippen LogP contribution is 2.30. The summed E-state index contributed by atoms with van der Waals surface area (Å²) < 4.78 is 1.42. The maximum Gasteiger partial charge on any atom is 0.263 e. The molecule has 0 aliphatic rings. The Kier molecular flexibility index (Phi) is 4.67. The molecule has 2 aromatic heterocycles. The zero-order valence-electron chi connectivity index (χ0n) is 14.2. The van der Waals surface area contributed by atoms with Crippen LogP contribution >= 0.6 is 22.9 Å². The number of nitrogens with two attached hydrogens (primary N) is 1. The molecule has 1 aromatic carbocycles. The minimum atomic E-state index is -0.755. The Balaban J connectivity index is 2.43. The largest absolute Gasteiger partial charge is 0.368 e. The summed E-state index contributed by atoms with van der Waals surface area (Å²) in [6, 6.07) is 6.28. The molecule has 25 heavy (non-hydrogen) atoms. The number of aryl methyl sites for hydroxylation is 2. The van der Waals surface area contributed by atoms with Gasteiger partial charge in [-0.2, -0.15) is 0 Å². The fraction of sp³-hybridized carbons (Fsp3) is 0.278. The molecule has 0 bridgehead atoms. The zero-order chi connectivity index (χ0) is 18.3. The summed E-state index contributed by atoms with van der Waals surface area (Å²) in [5.74, 6) is -0.119. The topological polar surface area (TPSA) is 78.0 Å². The van der Waals surface area contributed by atoms with Gasteiger partial charge in [0.25, 0.3) is 5.56 Å². The number of hydrogen-bond donors (Lipinski definition) is 1. The molecule has 2 heterocycles. The van der Waals surface area contributed by atoms with Crippen LogP contribution in [0.1, 0.15) is 29.8 Å². The number of rotatable bonds is 4. The van der Waals surface area contributed by atoms with Crippen LogP contribution in [0.15, 0.2) is 29.1 Å². The summed E-state index contributed by atoms with van der Waals surface area (Å²) in [5, 5.41) is 1.14. The molecule has 5 nitrogen and oxygen atoms in total. The molecular weight excluding hydrogens is 358 g/mol. The number of thiophene rings is 1. The average molecular weight is 376 g/mol. The van der Waals surface area contributed by atoms with Gasteiger partial charge < -0.3 is 5.73 Å². The number of amides is 1. The van der Waals surface area contributed by atoms with Gasteiger partial charge in [0.1, 0.15) is 16.7 Å². The van der Waals surface area contributed by atoms with E-state index in [0.717, 1.165) is 10.4 Å². The molecule has 0 saturated heterocycles. The number of hydrogen-bond acceptors (Lipinski definition) is 4. The molecular formula is C18H18ClN3O2S. The van der Waals surface area contributed by atoms with E-state index in [0.29, 0.717) is 33.0 Å². The summed E-state index contributed by atoms with van der Waals surface area (Å²) in [6.07, 6.45) is 0.408. The van der Waals surface area contributed by atoms with Gasteiger partial charge in [0.15, 0.2) is 0 Å². The number of halogens is 1. The van der Waals surface area contributed by atoms with Gasteiger partial charge in [-0.1, -0.05) is 18.5 Å². The molecule has 0 radical (unpaired) electrons. The van der Waals surface area contributed by atoms with E-state index in [1.54, 1.807) is 24.3 Å². The highest BCUT2D eigenvalue weighted by Gasteiger charge is 2.25. The van der Waals surface area contributed by atoms with E-state index in [-0.39, 0.29) is 5.56 Å². The van der Waals surface area contributed by atoms with Gasteiger partial charge in [0, 0.05) is 15.5 Å². The van der Waals surface area contributed by atoms with E-state index < -0.39 is 11.9 Å². The fourth-order valence-electron chi connectivity index (χ4n) is 2.91. The first-order chi connectivity index (χ1) is 11.8. The zero-order valence-corrected chi connectivity index (χ0v) is 15.7. The Hall–Kier alpha value is -2.18. The Labute approximate surface area is 154 Å². The first kappa shape index (κ1) is 17.6. The first-order valence-electron chi connectivity index (χ1n) is 7.92. The van der Waals surface area contributed by atoms with Crippen LogP contribution in [-0.4, -0.2) is 15.5 Å². The molecule has 0 spiro atoms. The van der Waals surface area contributed by atoms with Crippen molar-refractivity contribution >= 4 is 39.1 Å². The van der Waals surface area contributed by atoms with E-state index in [4.69, 9.17) is 22.3 Å². The second-order valence-electron chi connectivity index (χ2n) is 5.91. The molecule has 1 amide bonds. The number of carbonyl (C=O) groups excluding carboxylic acids is 1. The molecule has 0 aliphatic carbocycles. The van der Waals surface area contributed by atoms with E-state index in [2.05, 4.69) is 0 Å². The normalized spacial score (nSPS) is 12.5. The number of primary amides is 1. The van der Waals surface area contributed by atoms with Gasteiger partial charge in [-0.3, -0.25) is 14.2 Å². The van der Waals surface area contributed by atoms with Crippen LogP contribution in [0.5, 0.6) is 0 Å². The average Bonchev–Trinajstić information content (AvgIpc) is 2.85. The van der Waals surface area contributed by atoms with Crippen molar-refractivity contribution in [3.8, 4) is 11.4 Å². The van der Waals surface area contributed by atoms with E-state index in [1.165, 1.54) is 15.9 Å². The second-order valence-corrected chi connectivity index (χ2v) is 7.55. The highest BCUT2D eigenvalue weighted by molar-refractivity contribution is 7.18. The van der Waals surface area contributed by atoms with Crippen LogP contribution < -0.4 is 11.3 Å². The number of aromatic nitrogens is 2. The van der Waals surface area contributed by atoms with Crippen molar-refractivity contribution in [2.75, 3.05) is 0 Å². The highest BCUT2D eigenvalue weighted by atomic mass is 35.5. The predicted molar refractivity (Wildman–Crippen MR) is 102 cm³/mol. The molecule has 0 fully saturated rings. The molecule has 2 N–H and O–H groups in total. The molecule has 7 heteroatoms. The summed E-state index contributed by atoms with van der Waals surface area (Å²) in [5.41, 5.74) is 6.94. The molecule has 1 atom stereocenters. The van der Waals surface area contributed by atoms with Gasteiger partial charge in [0.05, 0.1) is 5.39 Å². The monoisotopic (exact) mass is 375 g/mol. The van der Waals surface area contributed by atoms with Crippen LogP contribution in [0.4, 0.5) is 0 Å². The van der Waals surface area contributed by atoms with Gasteiger partial charge in [-0.05, 0) is 50.1 Å². The fourth-order valence-corrected chi connectivity index (χ4v) is 4.05. The number of fused-ring (bicyclic) bond motifs is 1. The van der Waals surface area contributed by atoms with E-state index in [1.807, 2.05) is 20.8 Å². The van der Waals surface area contributed by atoms with Crippen molar-refractivity contribution in [2.24, 2.45) is 5.73 Å². The molecule has 0 saturated carbocycles. The maximum atomic E-state index is 13.2. The lowest BCUT2D eigenvalue weighted by Crippen LogP contribution is -2.35. The van der Waals surface area contributed by atoms with Gasteiger partial charge in [-0.15, -0.1) is 11.3 Å². The van der Waals surface area contributed by atoms with Crippen molar-refractivity contribution in [3.05, 3.63) is 50.1 Å². The van der Waals surface area contributed by atoms with Crippen LogP contribution in [0.25, 0.3) is 21.6 Å². The third kappa shape index (κ3) is 2.96. The van der Waals surface area contributed by atoms with E-state index >= 15 is 0 Å². The van der Waals surface area contributed by atoms with Crippen LogP contribution in [0.3, 0.4) is 0 Å². The van der Waals surface area contributed by atoms with Crippen molar-refractivity contribution in [1.29, 1.82) is 0 Å². The van der Waals surface area contributed by atoms with Gasteiger partial charge >= 0.3 is 0 Å². The van der Waals surface area contributed by atoms with Crippen LogP contribution in [0.2, 0.25) is 5.02 Å². The summed E-state index contributed by atoms with van der Waals surface area (Å²) >= 11 is 7.44. The van der Waals surface area contributed by atoms with Crippen molar-refractivity contribution in [3.63, 3.8) is 0 Å². The van der Waals surface area contributed by atoms with Crippen molar-refractivity contribution in [1.82, 2.24) is 9.55 Å². The summed E-state index contributed by atoms with van der Waals surface area (Å²) in [4.78, 5) is 31.6. The molecule has 1 unspecified atom stereocenters. The Morgan fingerprint density at radius 1 is 1.32 bits per heavy atom. The Morgan fingerprint density at radius 3 is 2.52 bits per heavy atom. The molecule has 3 rings (SSSR count). The molecule has 3 aromatic rings. The lowest BCUT2D eigenvalue weighted by molar-refractivity contribution is -0.121. The third-order valence-corrected chi connectivity index (χ3v) is 5.72.